The van der Waals surface area contributed by atoms with Crippen molar-refractivity contribution in [1.82, 2.24) is 10.2 Å². The maximum Gasteiger partial charge on any atom is 0.223 e. The van der Waals surface area contributed by atoms with Gasteiger partial charge in [-0.3, -0.25) is 4.79 Å². The highest BCUT2D eigenvalue weighted by Gasteiger charge is 2.24. The molecule has 1 heterocycles. The van der Waals surface area contributed by atoms with E-state index in [2.05, 4.69) is 17.1 Å². The highest BCUT2D eigenvalue weighted by Crippen LogP contribution is 2.17. The zero-order valence-electron chi connectivity index (χ0n) is 11.7. The van der Waals surface area contributed by atoms with Crippen LogP contribution in [-0.2, 0) is 4.79 Å². The average Bonchev–Trinajstić information content (AvgIpc) is 2.41. The van der Waals surface area contributed by atoms with Crippen molar-refractivity contribution in [2.24, 2.45) is 5.92 Å². The Bertz CT molecular complexity index is 226. The summed E-state index contributed by atoms with van der Waals surface area (Å²) in [6.45, 7) is 6.39. The second-order valence-electron chi connectivity index (χ2n) is 5.19. The zero-order chi connectivity index (χ0) is 13.2. The van der Waals surface area contributed by atoms with E-state index in [0.717, 1.165) is 64.7 Å². The van der Waals surface area contributed by atoms with E-state index in [1.165, 1.54) is 0 Å². The molecular formula is C14H28N2O2. The fourth-order valence-corrected chi connectivity index (χ4v) is 2.44. The number of hydrogen-bond acceptors (Lipinski definition) is 3. The molecule has 18 heavy (non-hydrogen) atoms. The van der Waals surface area contributed by atoms with Crippen molar-refractivity contribution in [3.63, 3.8) is 0 Å². The molecule has 2 N–H and O–H groups in total. The summed E-state index contributed by atoms with van der Waals surface area (Å²) in [6.07, 6.45) is 6.18. The maximum atomic E-state index is 11.8. The van der Waals surface area contributed by atoms with Crippen LogP contribution in [0.25, 0.3) is 0 Å². The fraction of sp³-hybridized carbons (Fsp3) is 0.929. The Hall–Kier alpha value is -0.610. The van der Waals surface area contributed by atoms with Crippen molar-refractivity contribution < 1.29 is 9.90 Å². The van der Waals surface area contributed by atoms with Crippen LogP contribution in [0.3, 0.4) is 0 Å². The van der Waals surface area contributed by atoms with Crippen LogP contribution in [0.1, 0.15) is 45.4 Å². The van der Waals surface area contributed by atoms with E-state index in [-0.39, 0.29) is 11.8 Å². The third kappa shape index (κ3) is 5.83. The first-order chi connectivity index (χ1) is 8.77. The first kappa shape index (κ1) is 15.4. The van der Waals surface area contributed by atoms with E-state index in [1.807, 2.05) is 0 Å². The van der Waals surface area contributed by atoms with Gasteiger partial charge in [-0.2, -0.15) is 0 Å². The summed E-state index contributed by atoms with van der Waals surface area (Å²) in [5.74, 6) is 0.474. The Morgan fingerprint density at radius 3 is 2.61 bits per heavy atom. The molecule has 0 aliphatic carbocycles. The van der Waals surface area contributed by atoms with Gasteiger partial charge in [-0.05, 0) is 58.2 Å². The van der Waals surface area contributed by atoms with Crippen LogP contribution >= 0.6 is 0 Å². The van der Waals surface area contributed by atoms with E-state index in [9.17, 15) is 4.79 Å². The number of likely N-dealkylation sites (tertiary alicyclic amines) is 1. The molecule has 1 rings (SSSR count). The van der Waals surface area contributed by atoms with Gasteiger partial charge in [0.15, 0.2) is 0 Å². The number of unbranched alkanes of at least 4 members (excludes halogenated alkanes) is 2. The molecule has 106 valence electrons. The number of aliphatic hydroxyl groups excluding tert-OH is 1. The second kappa shape index (κ2) is 9.34. The normalized spacial score (nSPS) is 17.9. The number of hydrogen-bond donors (Lipinski definition) is 2. The molecule has 0 atom stereocenters. The summed E-state index contributed by atoms with van der Waals surface area (Å²) in [5, 5.41) is 11.7. The lowest BCUT2D eigenvalue weighted by molar-refractivity contribution is -0.126. The number of rotatable bonds is 8. The molecule has 0 aromatic rings. The summed E-state index contributed by atoms with van der Waals surface area (Å²) >= 11 is 0. The Kier molecular flexibility index (Phi) is 8.01. The molecule has 0 aromatic heterocycles. The number of aliphatic hydroxyl groups is 1. The van der Waals surface area contributed by atoms with Gasteiger partial charge in [0, 0.05) is 19.1 Å². The predicted octanol–water partition coefficient (Wildman–Crippen LogP) is 1.39. The molecule has 1 fully saturated rings. The Morgan fingerprint density at radius 2 is 2.00 bits per heavy atom. The number of nitrogens with zero attached hydrogens (tertiary/aromatic N) is 1. The molecule has 0 radical (unpaired) electrons. The van der Waals surface area contributed by atoms with E-state index in [4.69, 9.17) is 5.11 Å². The summed E-state index contributed by atoms with van der Waals surface area (Å²) in [4.78, 5) is 14.3. The molecule has 1 aliphatic heterocycles. The van der Waals surface area contributed by atoms with Crippen molar-refractivity contribution in [3.8, 4) is 0 Å². The van der Waals surface area contributed by atoms with E-state index in [1.54, 1.807) is 0 Å². The Balaban J connectivity index is 2.10. The highest BCUT2D eigenvalue weighted by molar-refractivity contribution is 5.78. The molecule has 0 spiro atoms. The smallest absolute Gasteiger partial charge is 0.223 e. The van der Waals surface area contributed by atoms with E-state index >= 15 is 0 Å². The first-order valence-corrected chi connectivity index (χ1v) is 7.38. The van der Waals surface area contributed by atoms with Crippen molar-refractivity contribution in [2.45, 2.75) is 45.4 Å². The van der Waals surface area contributed by atoms with Gasteiger partial charge in [-0.15, -0.1) is 0 Å². The fourth-order valence-electron chi connectivity index (χ4n) is 2.44. The van der Waals surface area contributed by atoms with Gasteiger partial charge >= 0.3 is 0 Å². The van der Waals surface area contributed by atoms with Crippen LogP contribution in [0, 0.1) is 5.92 Å². The molecule has 4 heteroatoms. The molecule has 0 aromatic carbocycles. The minimum atomic E-state index is 0.227. The first-order valence-electron chi connectivity index (χ1n) is 7.38. The number of nitrogens with one attached hydrogen (secondary N) is 1. The van der Waals surface area contributed by atoms with Gasteiger partial charge in [-0.25, -0.2) is 0 Å². The number of amides is 1. The quantitative estimate of drug-likeness (QED) is 0.645. The van der Waals surface area contributed by atoms with Crippen LogP contribution in [0.15, 0.2) is 0 Å². The topological polar surface area (TPSA) is 52.6 Å². The summed E-state index contributed by atoms with van der Waals surface area (Å²) < 4.78 is 0. The standard InChI is InChI=1S/C14H28N2O2/c1-2-8-15-14(18)13-6-10-16(11-7-13)9-4-3-5-12-17/h13,17H,2-12H2,1H3,(H,15,18). The minimum absolute atomic E-state index is 0.227. The van der Waals surface area contributed by atoms with Crippen molar-refractivity contribution in [2.75, 3.05) is 32.8 Å². The maximum absolute atomic E-state index is 11.8. The van der Waals surface area contributed by atoms with Gasteiger partial charge in [0.1, 0.15) is 0 Å². The average molecular weight is 256 g/mol. The molecule has 0 unspecified atom stereocenters. The molecule has 0 saturated carbocycles. The predicted molar refractivity (Wildman–Crippen MR) is 73.4 cm³/mol. The SMILES string of the molecule is CCCNC(=O)C1CCN(CCCCCO)CC1. The zero-order valence-corrected chi connectivity index (χ0v) is 11.7. The summed E-state index contributed by atoms with van der Waals surface area (Å²) in [5.41, 5.74) is 0. The number of carbonyl (C=O) groups excluding carboxylic acids is 1. The minimum Gasteiger partial charge on any atom is -0.396 e. The molecule has 0 bridgehead atoms. The number of carbonyl (C=O) groups is 1. The molecule has 1 aliphatic rings. The highest BCUT2D eigenvalue weighted by atomic mass is 16.2. The summed E-state index contributed by atoms with van der Waals surface area (Å²) in [6, 6.07) is 0. The number of piperidine rings is 1. The lowest BCUT2D eigenvalue weighted by Crippen LogP contribution is -2.41. The van der Waals surface area contributed by atoms with Crippen molar-refractivity contribution >= 4 is 5.91 Å². The largest absolute Gasteiger partial charge is 0.396 e. The molecule has 1 saturated heterocycles. The molecule has 4 nitrogen and oxygen atoms in total. The monoisotopic (exact) mass is 256 g/mol. The Morgan fingerprint density at radius 1 is 1.28 bits per heavy atom. The van der Waals surface area contributed by atoms with Crippen LogP contribution in [0.5, 0.6) is 0 Å². The van der Waals surface area contributed by atoms with Gasteiger partial charge in [0.2, 0.25) is 5.91 Å². The third-order valence-electron chi connectivity index (χ3n) is 3.64. The van der Waals surface area contributed by atoms with Crippen LogP contribution in [-0.4, -0.2) is 48.7 Å². The van der Waals surface area contributed by atoms with Crippen LogP contribution in [0.2, 0.25) is 0 Å². The van der Waals surface area contributed by atoms with Crippen LogP contribution in [0.4, 0.5) is 0 Å². The van der Waals surface area contributed by atoms with Gasteiger partial charge in [-0.1, -0.05) is 6.92 Å². The van der Waals surface area contributed by atoms with E-state index < -0.39 is 0 Å². The van der Waals surface area contributed by atoms with Gasteiger partial charge < -0.3 is 15.3 Å². The second-order valence-corrected chi connectivity index (χ2v) is 5.19. The molecular weight excluding hydrogens is 228 g/mol. The van der Waals surface area contributed by atoms with Crippen molar-refractivity contribution in [3.05, 3.63) is 0 Å². The van der Waals surface area contributed by atoms with Crippen molar-refractivity contribution in [1.29, 1.82) is 0 Å². The lowest BCUT2D eigenvalue weighted by Gasteiger charge is -2.31. The Labute approximate surface area is 111 Å². The third-order valence-corrected chi connectivity index (χ3v) is 3.64. The lowest BCUT2D eigenvalue weighted by atomic mass is 9.95. The summed E-state index contributed by atoms with van der Waals surface area (Å²) in [7, 11) is 0. The molecule has 1 amide bonds. The van der Waals surface area contributed by atoms with Gasteiger partial charge in [0.25, 0.3) is 0 Å². The van der Waals surface area contributed by atoms with Gasteiger partial charge in [0.05, 0.1) is 0 Å². The van der Waals surface area contributed by atoms with E-state index in [0.29, 0.717) is 6.61 Å². The van der Waals surface area contributed by atoms with Crippen LogP contribution < -0.4 is 5.32 Å².